The van der Waals surface area contributed by atoms with Gasteiger partial charge in [-0.2, -0.15) is 0 Å². The maximum atomic E-state index is 11.0. The summed E-state index contributed by atoms with van der Waals surface area (Å²) in [6.45, 7) is 2.99. The van der Waals surface area contributed by atoms with Crippen LogP contribution in [0.25, 0.3) is 11.1 Å². The van der Waals surface area contributed by atoms with Crippen LogP contribution in [0.4, 0.5) is 11.4 Å². The van der Waals surface area contributed by atoms with Gasteiger partial charge in [0.05, 0.1) is 16.4 Å². The molecule has 126 valence electrons. The zero-order valence-corrected chi connectivity index (χ0v) is 14.5. The molecule has 1 aliphatic rings. The number of benzene rings is 2. The van der Waals surface area contributed by atoms with Gasteiger partial charge in [-0.25, -0.2) is 0 Å². The van der Waals surface area contributed by atoms with Crippen molar-refractivity contribution >= 4 is 28.9 Å². The lowest BCUT2D eigenvalue weighted by Crippen LogP contribution is -2.18. The van der Waals surface area contributed by atoms with E-state index in [9.17, 15) is 4.79 Å². The zero-order valence-electron chi connectivity index (χ0n) is 13.7. The Bertz CT molecular complexity index is 739. The van der Waals surface area contributed by atoms with E-state index in [1.807, 2.05) is 36.4 Å². The largest absolute Gasteiger partial charge is 0.396 e. The molecule has 1 saturated carbocycles. The minimum Gasteiger partial charge on any atom is -0.396 e. The highest BCUT2D eigenvalue weighted by atomic mass is 35.5. The molecule has 4 N–H and O–H groups in total. The molecule has 0 spiro atoms. The average molecular weight is 344 g/mol. The van der Waals surface area contributed by atoms with E-state index in [1.54, 1.807) is 0 Å². The third-order valence-electron chi connectivity index (χ3n) is 4.26. The van der Waals surface area contributed by atoms with Gasteiger partial charge < -0.3 is 16.4 Å². The van der Waals surface area contributed by atoms with E-state index in [4.69, 9.17) is 17.3 Å². The topological polar surface area (TPSA) is 67.2 Å². The second-order valence-corrected chi connectivity index (χ2v) is 6.70. The third-order valence-corrected chi connectivity index (χ3v) is 4.67. The highest BCUT2D eigenvalue weighted by Crippen LogP contribution is 2.38. The summed E-state index contributed by atoms with van der Waals surface area (Å²) in [5.41, 5.74) is 10.7. The maximum Gasteiger partial charge on any atom is 0.217 e. The van der Waals surface area contributed by atoms with Crippen LogP contribution in [0.2, 0.25) is 5.02 Å². The molecular weight excluding hydrogens is 322 g/mol. The molecule has 0 heterocycles. The summed E-state index contributed by atoms with van der Waals surface area (Å²) in [6.07, 6.45) is 2.59. The SMILES string of the molecule is CC(=O)NCc1ccc(-c2ccc(NCC3CC3)c(N)c2Cl)cc1. The van der Waals surface area contributed by atoms with Crippen LogP contribution < -0.4 is 16.4 Å². The van der Waals surface area contributed by atoms with Crippen LogP contribution in [-0.2, 0) is 11.3 Å². The van der Waals surface area contributed by atoms with Crippen LogP contribution in [0.5, 0.6) is 0 Å². The van der Waals surface area contributed by atoms with Crippen molar-refractivity contribution in [1.29, 1.82) is 0 Å². The fourth-order valence-corrected chi connectivity index (χ4v) is 2.85. The summed E-state index contributed by atoms with van der Waals surface area (Å²) in [5.74, 6) is 0.739. The number of amides is 1. The number of nitrogen functional groups attached to an aromatic ring is 1. The van der Waals surface area contributed by atoms with Gasteiger partial charge in [0.25, 0.3) is 0 Å². The van der Waals surface area contributed by atoms with E-state index in [2.05, 4.69) is 10.6 Å². The number of carbonyl (C=O) groups is 1. The van der Waals surface area contributed by atoms with Crippen molar-refractivity contribution in [2.75, 3.05) is 17.6 Å². The lowest BCUT2D eigenvalue weighted by molar-refractivity contribution is -0.119. The molecule has 0 radical (unpaired) electrons. The second-order valence-electron chi connectivity index (χ2n) is 6.32. The van der Waals surface area contributed by atoms with Gasteiger partial charge in [0.2, 0.25) is 5.91 Å². The van der Waals surface area contributed by atoms with Gasteiger partial charge in [-0.1, -0.05) is 41.9 Å². The first kappa shape index (κ1) is 16.7. The molecular formula is C19H22ClN3O. The van der Waals surface area contributed by atoms with E-state index in [1.165, 1.54) is 19.8 Å². The van der Waals surface area contributed by atoms with Gasteiger partial charge >= 0.3 is 0 Å². The molecule has 0 aromatic heterocycles. The Morgan fingerprint density at radius 3 is 2.54 bits per heavy atom. The summed E-state index contributed by atoms with van der Waals surface area (Å²) in [7, 11) is 0. The number of carbonyl (C=O) groups excluding carboxylic acids is 1. The number of hydrogen-bond acceptors (Lipinski definition) is 3. The number of nitrogens with one attached hydrogen (secondary N) is 2. The standard InChI is InChI=1S/C19H22ClN3O/c1-12(24)22-10-14-4-6-15(7-5-14)16-8-9-17(19(21)18(16)20)23-11-13-2-3-13/h4-9,13,23H,2-3,10-11,21H2,1H3,(H,22,24). The van der Waals surface area contributed by atoms with E-state index in [0.29, 0.717) is 17.3 Å². The normalized spacial score (nSPS) is 13.6. The van der Waals surface area contributed by atoms with Crippen molar-refractivity contribution in [3.8, 4) is 11.1 Å². The van der Waals surface area contributed by atoms with E-state index >= 15 is 0 Å². The molecule has 1 fully saturated rings. The number of halogens is 1. The molecule has 3 rings (SSSR count). The van der Waals surface area contributed by atoms with Gasteiger partial charge in [-0.15, -0.1) is 0 Å². The predicted octanol–water partition coefficient (Wildman–Crippen LogP) is 4.05. The smallest absolute Gasteiger partial charge is 0.217 e. The van der Waals surface area contributed by atoms with E-state index < -0.39 is 0 Å². The second kappa shape index (κ2) is 7.14. The fraction of sp³-hybridized carbons (Fsp3) is 0.316. The molecule has 1 aliphatic carbocycles. The zero-order chi connectivity index (χ0) is 17.1. The van der Waals surface area contributed by atoms with Gasteiger partial charge in [0.15, 0.2) is 0 Å². The Kier molecular flexibility index (Phi) is 4.95. The van der Waals surface area contributed by atoms with Gasteiger partial charge in [-0.3, -0.25) is 4.79 Å². The van der Waals surface area contributed by atoms with Crippen LogP contribution in [-0.4, -0.2) is 12.5 Å². The average Bonchev–Trinajstić information content (AvgIpc) is 3.39. The molecule has 0 saturated heterocycles. The molecule has 0 atom stereocenters. The lowest BCUT2D eigenvalue weighted by Gasteiger charge is -2.14. The van der Waals surface area contributed by atoms with Gasteiger partial charge in [-0.05, 0) is 36.0 Å². The Labute approximate surface area is 147 Å². The van der Waals surface area contributed by atoms with Crippen molar-refractivity contribution in [3.05, 3.63) is 47.0 Å². The van der Waals surface area contributed by atoms with Gasteiger partial charge in [0, 0.05) is 25.6 Å². The molecule has 24 heavy (non-hydrogen) atoms. The summed E-state index contributed by atoms with van der Waals surface area (Å²) in [4.78, 5) is 11.0. The number of nitrogens with two attached hydrogens (primary N) is 1. The Hall–Kier alpha value is -2.20. The maximum absolute atomic E-state index is 11.0. The number of anilines is 2. The first-order valence-electron chi connectivity index (χ1n) is 8.20. The monoisotopic (exact) mass is 343 g/mol. The molecule has 0 aliphatic heterocycles. The third kappa shape index (κ3) is 4.01. The van der Waals surface area contributed by atoms with Crippen molar-refractivity contribution in [1.82, 2.24) is 5.32 Å². The quantitative estimate of drug-likeness (QED) is 0.693. The highest BCUT2D eigenvalue weighted by Gasteiger charge is 2.21. The predicted molar refractivity (Wildman–Crippen MR) is 100 cm³/mol. The first-order valence-corrected chi connectivity index (χ1v) is 8.58. The molecule has 0 bridgehead atoms. The van der Waals surface area contributed by atoms with Crippen LogP contribution in [0.3, 0.4) is 0 Å². The molecule has 1 amide bonds. The van der Waals surface area contributed by atoms with Crippen LogP contribution in [0, 0.1) is 5.92 Å². The molecule has 2 aromatic rings. The lowest BCUT2D eigenvalue weighted by atomic mass is 10.0. The van der Waals surface area contributed by atoms with Crippen molar-refractivity contribution in [3.63, 3.8) is 0 Å². The van der Waals surface area contributed by atoms with E-state index in [-0.39, 0.29) is 5.91 Å². The van der Waals surface area contributed by atoms with Crippen molar-refractivity contribution in [2.24, 2.45) is 5.92 Å². The minimum atomic E-state index is -0.0378. The molecule has 2 aromatic carbocycles. The Morgan fingerprint density at radius 2 is 1.92 bits per heavy atom. The highest BCUT2D eigenvalue weighted by molar-refractivity contribution is 6.36. The first-order chi connectivity index (χ1) is 11.5. The van der Waals surface area contributed by atoms with E-state index in [0.717, 1.165) is 34.8 Å². The molecule has 4 nitrogen and oxygen atoms in total. The Morgan fingerprint density at radius 1 is 1.21 bits per heavy atom. The molecule has 5 heteroatoms. The fourth-order valence-electron chi connectivity index (χ4n) is 2.57. The van der Waals surface area contributed by atoms with Crippen LogP contribution in [0.15, 0.2) is 36.4 Å². The molecule has 0 unspecified atom stereocenters. The summed E-state index contributed by atoms with van der Waals surface area (Å²) >= 11 is 6.48. The van der Waals surface area contributed by atoms with Gasteiger partial charge in [0.1, 0.15) is 0 Å². The number of hydrogen-bond donors (Lipinski definition) is 3. The summed E-state index contributed by atoms with van der Waals surface area (Å²) < 4.78 is 0. The van der Waals surface area contributed by atoms with Crippen molar-refractivity contribution < 1.29 is 4.79 Å². The summed E-state index contributed by atoms with van der Waals surface area (Å²) in [6, 6.07) is 11.9. The van der Waals surface area contributed by atoms with Crippen LogP contribution in [0.1, 0.15) is 25.3 Å². The van der Waals surface area contributed by atoms with Crippen LogP contribution >= 0.6 is 11.6 Å². The summed E-state index contributed by atoms with van der Waals surface area (Å²) in [5, 5.41) is 6.74. The minimum absolute atomic E-state index is 0.0378. The number of rotatable bonds is 6. The Balaban J connectivity index is 1.75. The van der Waals surface area contributed by atoms with Crippen molar-refractivity contribution in [2.45, 2.75) is 26.3 Å².